The number of ether oxygens (including phenoxy) is 3. The van der Waals surface area contributed by atoms with Gasteiger partial charge in [-0.1, -0.05) is 6.07 Å². The SMILES string of the molecule is COc1ccc2c(c1OC)CC(C1CCN(c3[c]cc(F)cc3)CC1)OC2CN. The van der Waals surface area contributed by atoms with Gasteiger partial charge in [-0.2, -0.15) is 0 Å². The average Bonchev–Trinajstić information content (AvgIpc) is 2.78. The lowest BCUT2D eigenvalue weighted by Gasteiger charge is -2.41. The second-order valence-corrected chi connectivity index (χ2v) is 7.69. The molecule has 0 amide bonds. The molecule has 29 heavy (non-hydrogen) atoms. The zero-order valence-electron chi connectivity index (χ0n) is 17.0. The summed E-state index contributed by atoms with van der Waals surface area (Å²) in [6.07, 6.45) is 2.77. The first-order chi connectivity index (χ1) is 14.1. The molecule has 2 N–H and O–H groups in total. The van der Waals surface area contributed by atoms with Gasteiger partial charge in [-0.05, 0) is 48.6 Å². The fourth-order valence-corrected chi connectivity index (χ4v) is 4.62. The molecule has 5 nitrogen and oxygen atoms in total. The van der Waals surface area contributed by atoms with E-state index in [0.29, 0.717) is 12.5 Å². The number of piperidine rings is 1. The Morgan fingerprint density at radius 1 is 1.17 bits per heavy atom. The highest BCUT2D eigenvalue weighted by Gasteiger charge is 2.36. The van der Waals surface area contributed by atoms with Gasteiger partial charge in [0.2, 0.25) is 0 Å². The maximum atomic E-state index is 13.2. The molecule has 0 bridgehead atoms. The van der Waals surface area contributed by atoms with Gasteiger partial charge in [0.05, 0.1) is 26.4 Å². The molecule has 2 heterocycles. The summed E-state index contributed by atoms with van der Waals surface area (Å²) in [5.74, 6) is 1.71. The second kappa shape index (κ2) is 8.59. The van der Waals surface area contributed by atoms with Crippen molar-refractivity contribution < 1.29 is 18.6 Å². The summed E-state index contributed by atoms with van der Waals surface area (Å²) in [6, 6.07) is 11.7. The Hall–Kier alpha value is -2.31. The standard InChI is InChI=1S/C23H28FN2O3/c1-27-20-8-7-18-19(23(20)28-2)13-21(29-22(18)14-25)15-9-11-26(12-10-15)17-5-3-16(24)4-6-17/h3-5,7-8,15,21-22H,9-14,25H2,1-2H3. The van der Waals surface area contributed by atoms with Crippen molar-refractivity contribution in [1.29, 1.82) is 0 Å². The molecule has 2 aliphatic rings. The number of halogens is 1. The van der Waals surface area contributed by atoms with Gasteiger partial charge in [0, 0.05) is 43.4 Å². The molecule has 0 spiro atoms. The van der Waals surface area contributed by atoms with Gasteiger partial charge in [-0.15, -0.1) is 0 Å². The van der Waals surface area contributed by atoms with E-state index in [1.807, 2.05) is 12.1 Å². The summed E-state index contributed by atoms with van der Waals surface area (Å²) in [6.45, 7) is 2.24. The summed E-state index contributed by atoms with van der Waals surface area (Å²) in [5, 5.41) is 0. The van der Waals surface area contributed by atoms with Crippen molar-refractivity contribution in [1.82, 2.24) is 0 Å². The first-order valence-electron chi connectivity index (χ1n) is 10.2. The first-order valence-corrected chi connectivity index (χ1v) is 10.2. The summed E-state index contributed by atoms with van der Waals surface area (Å²) in [4.78, 5) is 2.26. The van der Waals surface area contributed by atoms with E-state index in [0.717, 1.165) is 60.7 Å². The van der Waals surface area contributed by atoms with Crippen molar-refractivity contribution in [3.8, 4) is 11.5 Å². The van der Waals surface area contributed by atoms with Crippen molar-refractivity contribution in [2.75, 3.05) is 38.8 Å². The van der Waals surface area contributed by atoms with Gasteiger partial charge in [-0.25, -0.2) is 4.39 Å². The fourth-order valence-electron chi connectivity index (χ4n) is 4.62. The molecule has 4 rings (SSSR count). The molecule has 155 valence electrons. The predicted molar refractivity (Wildman–Crippen MR) is 110 cm³/mol. The number of nitrogens with two attached hydrogens (primary N) is 1. The van der Waals surface area contributed by atoms with Crippen LogP contribution in [0.5, 0.6) is 11.5 Å². The number of methoxy groups -OCH3 is 2. The topological polar surface area (TPSA) is 57.0 Å². The highest BCUT2D eigenvalue weighted by atomic mass is 19.1. The summed E-state index contributed by atoms with van der Waals surface area (Å²) < 4.78 is 30.8. The van der Waals surface area contributed by atoms with E-state index in [1.165, 1.54) is 12.1 Å². The zero-order chi connectivity index (χ0) is 20.4. The molecule has 2 atom stereocenters. The molecule has 0 aliphatic carbocycles. The Kier molecular flexibility index (Phi) is 5.92. The molecule has 1 saturated heterocycles. The van der Waals surface area contributed by atoms with Gasteiger partial charge < -0.3 is 24.8 Å². The number of anilines is 1. The van der Waals surface area contributed by atoms with Crippen LogP contribution in [-0.4, -0.2) is 40.0 Å². The third-order valence-corrected chi connectivity index (χ3v) is 6.15. The zero-order valence-corrected chi connectivity index (χ0v) is 17.0. The van der Waals surface area contributed by atoms with Crippen molar-refractivity contribution in [2.24, 2.45) is 11.7 Å². The van der Waals surface area contributed by atoms with Crippen LogP contribution in [0.1, 0.15) is 30.1 Å². The normalized spacial score (nSPS) is 22.3. The molecular formula is C23H28FN2O3. The molecule has 6 heteroatoms. The largest absolute Gasteiger partial charge is 0.493 e. The Bertz CT molecular complexity index is 835. The van der Waals surface area contributed by atoms with Crippen LogP contribution in [0.2, 0.25) is 0 Å². The van der Waals surface area contributed by atoms with Gasteiger partial charge in [0.25, 0.3) is 0 Å². The minimum Gasteiger partial charge on any atom is -0.493 e. The lowest BCUT2D eigenvalue weighted by Crippen LogP contribution is -2.42. The van der Waals surface area contributed by atoms with E-state index in [9.17, 15) is 4.39 Å². The smallest absolute Gasteiger partial charge is 0.164 e. The Morgan fingerprint density at radius 2 is 1.97 bits per heavy atom. The number of benzene rings is 2. The predicted octanol–water partition coefficient (Wildman–Crippen LogP) is 3.50. The van der Waals surface area contributed by atoms with E-state index >= 15 is 0 Å². The average molecular weight is 399 g/mol. The van der Waals surface area contributed by atoms with Crippen LogP contribution in [-0.2, 0) is 11.2 Å². The van der Waals surface area contributed by atoms with Crippen LogP contribution in [0, 0.1) is 17.8 Å². The van der Waals surface area contributed by atoms with Gasteiger partial charge in [0.1, 0.15) is 5.82 Å². The molecule has 2 unspecified atom stereocenters. The van der Waals surface area contributed by atoms with Crippen molar-refractivity contribution in [2.45, 2.75) is 31.5 Å². The number of nitrogens with zero attached hydrogens (tertiary/aromatic N) is 1. The molecule has 2 aromatic rings. The van der Waals surface area contributed by atoms with Crippen molar-refractivity contribution >= 4 is 5.69 Å². The molecule has 2 aromatic carbocycles. The quantitative estimate of drug-likeness (QED) is 0.834. The Labute approximate surface area is 171 Å². The molecule has 0 aromatic heterocycles. The highest BCUT2D eigenvalue weighted by molar-refractivity contribution is 5.53. The van der Waals surface area contributed by atoms with E-state index in [-0.39, 0.29) is 18.0 Å². The lowest BCUT2D eigenvalue weighted by atomic mass is 9.83. The van der Waals surface area contributed by atoms with Crippen LogP contribution in [0.25, 0.3) is 0 Å². The number of hydrogen-bond acceptors (Lipinski definition) is 5. The third kappa shape index (κ3) is 3.91. The minimum absolute atomic E-state index is 0.0939. The van der Waals surface area contributed by atoms with Crippen LogP contribution < -0.4 is 20.1 Å². The van der Waals surface area contributed by atoms with Crippen molar-refractivity contribution in [3.05, 3.63) is 53.3 Å². The maximum absolute atomic E-state index is 13.2. The molecule has 0 saturated carbocycles. The van der Waals surface area contributed by atoms with Crippen LogP contribution >= 0.6 is 0 Å². The Balaban J connectivity index is 1.50. The highest BCUT2D eigenvalue weighted by Crippen LogP contribution is 2.43. The molecular weight excluding hydrogens is 371 g/mol. The van der Waals surface area contributed by atoms with Crippen LogP contribution in [0.15, 0.2) is 30.3 Å². The fraction of sp³-hybridized carbons (Fsp3) is 0.478. The second-order valence-electron chi connectivity index (χ2n) is 7.69. The number of fused-ring (bicyclic) bond motifs is 1. The van der Waals surface area contributed by atoms with Crippen LogP contribution in [0.3, 0.4) is 0 Å². The minimum atomic E-state index is -0.255. The van der Waals surface area contributed by atoms with Gasteiger partial charge in [0.15, 0.2) is 11.5 Å². The third-order valence-electron chi connectivity index (χ3n) is 6.15. The van der Waals surface area contributed by atoms with E-state index < -0.39 is 0 Å². The summed E-state index contributed by atoms with van der Waals surface area (Å²) in [5.41, 5.74) is 9.24. The van der Waals surface area contributed by atoms with Crippen LogP contribution in [0.4, 0.5) is 10.1 Å². The maximum Gasteiger partial charge on any atom is 0.164 e. The summed E-state index contributed by atoms with van der Waals surface area (Å²) >= 11 is 0. The number of hydrogen-bond donors (Lipinski definition) is 1. The first kappa shape index (κ1) is 20.0. The molecule has 1 fully saturated rings. The van der Waals surface area contributed by atoms with E-state index in [1.54, 1.807) is 20.3 Å². The van der Waals surface area contributed by atoms with Gasteiger partial charge >= 0.3 is 0 Å². The van der Waals surface area contributed by atoms with Gasteiger partial charge in [-0.3, -0.25) is 0 Å². The van der Waals surface area contributed by atoms with E-state index in [4.69, 9.17) is 19.9 Å². The molecule has 2 aliphatic heterocycles. The lowest BCUT2D eigenvalue weighted by molar-refractivity contribution is -0.0569. The monoisotopic (exact) mass is 399 g/mol. The van der Waals surface area contributed by atoms with Crippen molar-refractivity contribution in [3.63, 3.8) is 0 Å². The summed E-state index contributed by atoms with van der Waals surface area (Å²) in [7, 11) is 3.33. The molecule has 1 radical (unpaired) electrons. The Morgan fingerprint density at radius 3 is 2.59 bits per heavy atom. The number of rotatable bonds is 5. The van der Waals surface area contributed by atoms with E-state index in [2.05, 4.69) is 11.0 Å².